The highest BCUT2D eigenvalue weighted by molar-refractivity contribution is 7.13. The summed E-state index contributed by atoms with van der Waals surface area (Å²) in [6.07, 6.45) is 0. The lowest BCUT2D eigenvalue weighted by Crippen LogP contribution is -2.49. The fourth-order valence-corrected chi connectivity index (χ4v) is 4.94. The average molecular weight is 459 g/mol. The number of aryl methyl sites for hydroxylation is 3. The smallest absolute Gasteiger partial charge is 0.253 e. The Morgan fingerprint density at radius 2 is 1.64 bits per heavy atom. The van der Waals surface area contributed by atoms with Crippen molar-refractivity contribution in [3.63, 3.8) is 0 Å². The molecule has 0 unspecified atom stereocenters. The Kier molecular flexibility index (Phi) is 5.68. The predicted molar refractivity (Wildman–Crippen MR) is 131 cm³/mol. The molecule has 4 heterocycles. The van der Waals surface area contributed by atoms with Crippen LogP contribution in [0.15, 0.2) is 53.9 Å². The third-order valence-corrected chi connectivity index (χ3v) is 6.78. The second-order valence-electron chi connectivity index (χ2n) is 8.30. The van der Waals surface area contributed by atoms with Crippen LogP contribution in [0.1, 0.15) is 27.6 Å². The second kappa shape index (κ2) is 8.78. The van der Waals surface area contributed by atoms with Crippen LogP contribution in [0.25, 0.3) is 16.3 Å². The van der Waals surface area contributed by atoms with Crippen LogP contribution in [0, 0.1) is 20.8 Å². The molecule has 0 atom stereocenters. The number of carbonyl (C=O) groups excluding carboxylic acids is 1. The number of thiophene rings is 1. The average Bonchev–Trinajstić information content (AvgIpc) is 3.48. The van der Waals surface area contributed by atoms with Crippen molar-refractivity contribution in [2.75, 3.05) is 31.1 Å². The van der Waals surface area contributed by atoms with E-state index in [4.69, 9.17) is 0 Å². The molecule has 33 heavy (non-hydrogen) atoms. The maximum atomic E-state index is 13.0. The monoisotopic (exact) mass is 458 g/mol. The van der Waals surface area contributed by atoms with E-state index < -0.39 is 0 Å². The van der Waals surface area contributed by atoms with Gasteiger partial charge in [-0.05, 0) is 56.0 Å². The van der Waals surface area contributed by atoms with Gasteiger partial charge >= 0.3 is 0 Å². The molecule has 0 bridgehead atoms. The number of carbonyl (C=O) groups is 1. The minimum Gasteiger partial charge on any atom is -0.353 e. The van der Waals surface area contributed by atoms with Crippen LogP contribution < -0.4 is 4.90 Å². The van der Waals surface area contributed by atoms with E-state index in [-0.39, 0.29) is 5.91 Å². The van der Waals surface area contributed by atoms with Gasteiger partial charge in [-0.15, -0.1) is 11.3 Å². The SMILES string of the molecule is Cc1cc(C)n(-c2cc(N3CCN(C(=O)c4ccc(-c5cccs5)cc4)CC3)nc(C)n2)n1. The molecule has 0 saturated carbocycles. The first-order valence-corrected chi connectivity index (χ1v) is 11.9. The third-order valence-electron chi connectivity index (χ3n) is 5.87. The molecular formula is C25H26N6OS. The van der Waals surface area contributed by atoms with Crippen LogP contribution in [0.2, 0.25) is 0 Å². The van der Waals surface area contributed by atoms with E-state index in [2.05, 4.69) is 31.4 Å². The van der Waals surface area contributed by atoms with Crippen LogP contribution in [-0.2, 0) is 0 Å². The number of anilines is 1. The van der Waals surface area contributed by atoms with E-state index in [1.54, 1.807) is 11.3 Å². The van der Waals surface area contributed by atoms with Crippen molar-refractivity contribution in [1.82, 2.24) is 24.6 Å². The fourth-order valence-electron chi connectivity index (χ4n) is 4.21. The topological polar surface area (TPSA) is 67.2 Å². The Hall–Kier alpha value is -3.52. The summed E-state index contributed by atoms with van der Waals surface area (Å²) in [5, 5.41) is 6.62. The van der Waals surface area contributed by atoms with Crippen molar-refractivity contribution in [3.8, 4) is 16.3 Å². The summed E-state index contributed by atoms with van der Waals surface area (Å²) in [5.74, 6) is 2.43. The van der Waals surface area contributed by atoms with E-state index in [1.807, 2.05) is 72.8 Å². The molecular weight excluding hydrogens is 432 g/mol. The van der Waals surface area contributed by atoms with Gasteiger partial charge in [0.05, 0.1) is 5.69 Å². The van der Waals surface area contributed by atoms with Gasteiger partial charge in [-0.3, -0.25) is 4.79 Å². The van der Waals surface area contributed by atoms with Gasteiger partial charge in [0.25, 0.3) is 5.91 Å². The molecule has 1 amide bonds. The van der Waals surface area contributed by atoms with Gasteiger partial charge in [-0.1, -0.05) is 18.2 Å². The van der Waals surface area contributed by atoms with Crippen molar-refractivity contribution in [3.05, 3.63) is 76.7 Å². The molecule has 0 radical (unpaired) electrons. The molecule has 0 N–H and O–H groups in total. The van der Waals surface area contributed by atoms with Gasteiger partial charge in [0.15, 0.2) is 5.82 Å². The van der Waals surface area contributed by atoms with E-state index >= 15 is 0 Å². The molecule has 1 aliphatic rings. The Morgan fingerprint density at radius 3 is 2.27 bits per heavy atom. The molecule has 0 aliphatic carbocycles. The number of nitrogens with zero attached hydrogens (tertiary/aromatic N) is 6. The van der Waals surface area contributed by atoms with Crippen molar-refractivity contribution in [2.24, 2.45) is 0 Å². The number of hydrogen-bond acceptors (Lipinski definition) is 6. The standard InChI is InChI=1S/C25H26N6OS/c1-17-15-18(2)31(28-17)24-16-23(26-19(3)27-24)29-10-12-30(13-11-29)25(32)21-8-6-20(7-9-21)22-5-4-14-33-22/h4-9,14-16H,10-13H2,1-3H3. The Balaban J connectivity index is 1.27. The summed E-state index contributed by atoms with van der Waals surface area (Å²) in [4.78, 5) is 27.6. The van der Waals surface area contributed by atoms with Crippen molar-refractivity contribution < 1.29 is 4.79 Å². The number of rotatable bonds is 4. The minimum atomic E-state index is 0.0783. The van der Waals surface area contributed by atoms with Crippen LogP contribution in [-0.4, -0.2) is 56.7 Å². The molecule has 168 valence electrons. The Morgan fingerprint density at radius 1 is 0.909 bits per heavy atom. The summed E-state index contributed by atoms with van der Waals surface area (Å²) in [7, 11) is 0. The van der Waals surface area contributed by atoms with Crippen molar-refractivity contribution in [2.45, 2.75) is 20.8 Å². The highest BCUT2D eigenvalue weighted by Gasteiger charge is 2.24. The molecule has 4 aromatic rings. The minimum absolute atomic E-state index is 0.0783. The largest absolute Gasteiger partial charge is 0.353 e. The van der Waals surface area contributed by atoms with E-state index in [0.29, 0.717) is 18.9 Å². The van der Waals surface area contributed by atoms with Gasteiger partial charge in [-0.2, -0.15) is 5.10 Å². The first kappa shape index (κ1) is 21.3. The highest BCUT2D eigenvalue weighted by atomic mass is 32.1. The summed E-state index contributed by atoms with van der Waals surface area (Å²) in [6.45, 7) is 8.67. The van der Waals surface area contributed by atoms with Crippen LogP contribution in [0.3, 0.4) is 0 Å². The maximum absolute atomic E-state index is 13.0. The lowest BCUT2D eigenvalue weighted by Gasteiger charge is -2.35. The first-order valence-electron chi connectivity index (χ1n) is 11.1. The molecule has 8 heteroatoms. The molecule has 3 aromatic heterocycles. The predicted octanol–water partition coefficient (Wildman–Crippen LogP) is 4.28. The lowest BCUT2D eigenvalue weighted by molar-refractivity contribution is 0.0746. The van der Waals surface area contributed by atoms with Gasteiger partial charge in [-0.25, -0.2) is 14.6 Å². The zero-order valence-corrected chi connectivity index (χ0v) is 19.8. The van der Waals surface area contributed by atoms with E-state index in [1.165, 1.54) is 4.88 Å². The molecule has 1 aliphatic heterocycles. The second-order valence-corrected chi connectivity index (χ2v) is 9.25. The molecule has 1 fully saturated rings. The normalized spacial score (nSPS) is 14.0. The lowest BCUT2D eigenvalue weighted by atomic mass is 10.1. The number of amides is 1. The van der Waals surface area contributed by atoms with Gasteiger partial charge < -0.3 is 9.80 Å². The zero-order valence-electron chi connectivity index (χ0n) is 19.0. The Bertz CT molecular complexity index is 1270. The summed E-state index contributed by atoms with van der Waals surface area (Å²) < 4.78 is 1.85. The van der Waals surface area contributed by atoms with Gasteiger partial charge in [0.1, 0.15) is 11.6 Å². The summed E-state index contributed by atoms with van der Waals surface area (Å²) >= 11 is 1.70. The van der Waals surface area contributed by atoms with Gasteiger partial charge in [0, 0.05) is 48.4 Å². The third kappa shape index (κ3) is 4.39. The molecule has 5 rings (SSSR count). The summed E-state index contributed by atoms with van der Waals surface area (Å²) in [5.41, 5.74) is 3.87. The Labute approximate surface area is 197 Å². The van der Waals surface area contributed by atoms with Crippen LogP contribution in [0.5, 0.6) is 0 Å². The van der Waals surface area contributed by atoms with Gasteiger partial charge in [0.2, 0.25) is 0 Å². The molecule has 1 saturated heterocycles. The molecule has 0 spiro atoms. The first-order chi connectivity index (χ1) is 16.0. The number of piperazine rings is 1. The van der Waals surface area contributed by atoms with Crippen LogP contribution in [0.4, 0.5) is 5.82 Å². The van der Waals surface area contributed by atoms with Crippen molar-refractivity contribution in [1.29, 1.82) is 0 Å². The zero-order chi connectivity index (χ0) is 22.9. The number of benzene rings is 1. The maximum Gasteiger partial charge on any atom is 0.253 e. The molecule has 1 aromatic carbocycles. The summed E-state index contributed by atoms with van der Waals surface area (Å²) in [6, 6.07) is 16.1. The molecule has 7 nitrogen and oxygen atoms in total. The van der Waals surface area contributed by atoms with E-state index in [9.17, 15) is 4.79 Å². The number of hydrogen-bond donors (Lipinski definition) is 0. The quantitative estimate of drug-likeness (QED) is 0.457. The van der Waals surface area contributed by atoms with Crippen molar-refractivity contribution >= 4 is 23.1 Å². The van der Waals surface area contributed by atoms with Crippen LogP contribution >= 0.6 is 11.3 Å². The number of aromatic nitrogens is 4. The van der Waals surface area contributed by atoms with E-state index in [0.717, 1.165) is 47.2 Å². The fraction of sp³-hybridized carbons (Fsp3) is 0.280. The highest BCUT2D eigenvalue weighted by Crippen LogP contribution is 2.25.